The molecule has 0 aromatic rings. The van der Waals surface area contributed by atoms with Crippen LogP contribution in [0.5, 0.6) is 0 Å². The summed E-state index contributed by atoms with van der Waals surface area (Å²) < 4.78 is 0. The monoisotopic (exact) mass is 166 g/mol. The van der Waals surface area contributed by atoms with Gasteiger partial charge in [-0.25, -0.2) is 0 Å². The molecule has 0 spiro atoms. The maximum Gasteiger partial charge on any atom is 0.155 e. The third-order valence-electron chi connectivity index (χ3n) is 3.19. The van der Waals surface area contributed by atoms with E-state index in [4.69, 9.17) is 0 Å². The molecular weight excluding hydrogens is 148 g/mol. The summed E-state index contributed by atoms with van der Waals surface area (Å²) in [5.74, 6) is 0.874. The van der Waals surface area contributed by atoms with Gasteiger partial charge in [0.05, 0.1) is 0 Å². The number of hydrogen-bond donors (Lipinski definition) is 0. The fourth-order valence-corrected chi connectivity index (χ4v) is 1.56. The number of hydrogen-bond acceptors (Lipinski definition) is 1. The average Bonchev–Trinajstić information content (AvgIpc) is 1.94. The molecule has 1 heteroatoms. The van der Waals surface area contributed by atoms with Crippen molar-refractivity contribution in [3.63, 3.8) is 0 Å². The van der Waals surface area contributed by atoms with E-state index in [1.165, 1.54) is 0 Å². The number of carbonyl (C=O) groups is 1. The molecule has 0 aliphatic heterocycles. The highest BCUT2D eigenvalue weighted by molar-refractivity contribution is 5.93. The number of rotatable bonds is 1. The van der Waals surface area contributed by atoms with Crippen LogP contribution in [-0.2, 0) is 4.79 Å². The van der Waals surface area contributed by atoms with Crippen molar-refractivity contribution in [2.75, 3.05) is 0 Å². The fourth-order valence-electron chi connectivity index (χ4n) is 1.56. The SMILES string of the molecule is CC(=O)C1=CCC(C)(C)C(C)C1. The smallest absolute Gasteiger partial charge is 0.155 e. The zero-order chi connectivity index (χ0) is 9.35. The standard InChI is InChI=1S/C11H18O/c1-8-7-10(9(2)12)5-6-11(8,3)4/h5,8H,6-7H2,1-4H3. The second-order valence-electron chi connectivity index (χ2n) is 4.58. The van der Waals surface area contributed by atoms with Crippen LogP contribution in [0.1, 0.15) is 40.5 Å². The summed E-state index contributed by atoms with van der Waals surface area (Å²) in [7, 11) is 0. The predicted molar refractivity (Wildman–Crippen MR) is 50.9 cm³/mol. The summed E-state index contributed by atoms with van der Waals surface area (Å²) in [6.07, 6.45) is 4.12. The first-order valence-electron chi connectivity index (χ1n) is 4.63. The van der Waals surface area contributed by atoms with Crippen molar-refractivity contribution in [3.8, 4) is 0 Å². The molecule has 0 saturated heterocycles. The van der Waals surface area contributed by atoms with Gasteiger partial charge in [-0.05, 0) is 36.7 Å². The third-order valence-corrected chi connectivity index (χ3v) is 3.19. The maximum absolute atomic E-state index is 11.1. The van der Waals surface area contributed by atoms with Crippen LogP contribution in [0, 0.1) is 11.3 Å². The molecule has 0 aromatic carbocycles. The molecule has 1 aliphatic carbocycles. The molecule has 1 aliphatic rings. The number of Topliss-reactive ketones (excluding diaryl/α,β-unsaturated/α-hetero) is 1. The van der Waals surface area contributed by atoms with Crippen LogP contribution in [0.25, 0.3) is 0 Å². The van der Waals surface area contributed by atoms with E-state index in [9.17, 15) is 4.79 Å². The van der Waals surface area contributed by atoms with Crippen LogP contribution in [-0.4, -0.2) is 5.78 Å². The van der Waals surface area contributed by atoms with Gasteiger partial charge in [0.15, 0.2) is 5.78 Å². The molecule has 0 amide bonds. The molecule has 1 rings (SSSR count). The maximum atomic E-state index is 11.1. The van der Waals surface area contributed by atoms with Crippen LogP contribution in [0.4, 0.5) is 0 Å². The lowest BCUT2D eigenvalue weighted by atomic mass is 9.70. The number of carbonyl (C=O) groups excluding carboxylic acids is 1. The molecule has 0 N–H and O–H groups in total. The molecule has 12 heavy (non-hydrogen) atoms. The van der Waals surface area contributed by atoms with Crippen LogP contribution in [0.2, 0.25) is 0 Å². The molecular formula is C11H18O. The van der Waals surface area contributed by atoms with Crippen molar-refractivity contribution in [2.45, 2.75) is 40.5 Å². The Bertz CT molecular complexity index is 223. The first-order valence-corrected chi connectivity index (χ1v) is 4.63. The van der Waals surface area contributed by atoms with Crippen molar-refractivity contribution in [2.24, 2.45) is 11.3 Å². The molecule has 0 aromatic heterocycles. The minimum Gasteiger partial charge on any atom is -0.295 e. The Balaban J connectivity index is 2.78. The van der Waals surface area contributed by atoms with Gasteiger partial charge in [0.25, 0.3) is 0 Å². The summed E-state index contributed by atoms with van der Waals surface area (Å²) in [4.78, 5) is 11.1. The number of ketones is 1. The van der Waals surface area contributed by atoms with Crippen LogP contribution < -0.4 is 0 Å². The predicted octanol–water partition coefficient (Wildman–Crippen LogP) is 2.96. The quantitative estimate of drug-likeness (QED) is 0.585. The molecule has 1 unspecified atom stereocenters. The van der Waals surface area contributed by atoms with E-state index in [0.717, 1.165) is 18.4 Å². The van der Waals surface area contributed by atoms with E-state index < -0.39 is 0 Å². The van der Waals surface area contributed by atoms with Gasteiger partial charge in [0, 0.05) is 0 Å². The molecule has 68 valence electrons. The van der Waals surface area contributed by atoms with Crippen molar-refractivity contribution in [1.29, 1.82) is 0 Å². The average molecular weight is 166 g/mol. The van der Waals surface area contributed by atoms with Gasteiger partial charge in [0.2, 0.25) is 0 Å². The van der Waals surface area contributed by atoms with Gasteiger partial charge in [-0.2, -0.15) is 0 Å². The van der Waals surface area contributed by atoms with E-state index in [1.54, 1.807) is 6.92 Å². The first-order chi connectivity index (χ1) is 5.43. The van der Waals surface area contributed by atoms with E-state index >= 15 is 0 Å². The lowest BCUT2D eigenvalue weighted by molar-refractivity contribution is -0.114. The van der Waals surface area contributed by atoms with E-state index in [-0.39, 0.29) is 5.78 Å². The highest BCUT2D eigenvalue weighted by Gasteiger charge is 2.29. The van der Waals surface area contributed by atoms with E-state index in [0.29, 0.717) is 11.3 Å². The second kappa shape index (κ2) is 3.04. The van der Waals surface area contributed by atoms with E-state index in [2.05, 4.69) is 26.8 Å². The minimum atomic E-state index is 0.248. The Morgan fingerprint density at radius 2 is 2.17 bits per heavy atom. The summed E-state index contributed by atoms with van der Waals surface area (Å²) in [6, 6.07) is 0. The summed E-state index contributed by atoms with van der Waals surface area (Å²) >= 11 is 0. The van der Waals surface area contributed by atoms with Crippen molar-refractivity contribution < 1.29 is 4.79 Å². The summed E-state index contributed by atoms with van der Waals surface area (Å²) in [6.45, 7) is 8.43. The second-order valence-corrected chi connectivity index (χ2v) is 4.58. The highest BCUT2D eigenvalue weighted by Crippen LogP contribution is 2.39. The van der Waals surface area contributed by atoms with Gasteiger partial charge >= 0.3 is 0 Å². The Hall–Kier alpha value is -0.590. The highest BCUT2D eigenvalue weighted by atomic mass is 16.1. The molecule has 0 fully saturated rings. The van der Waals surface area contributed by atoms with Gasteiger partial charge < -0.3 is 0 Å². The normalized spacial score (nSPS) is 28.0. The summed E-state index contributed by atoms with van der Waals surface area (Å²) in [5, 5.41) is 0. The van der Waals surface area contributed by atoms with Crippen LogP contribution in [0.3, 0.4) is 0 Å². The topological polar surface area (TPSA) is 17.1 Å². The largest absolute Gasteiger partial charge is 0.295 e. The molecule has 0 saturated carbocycles. The van der Waals surface area contributed by atoms with Crippen molar-refractivity contribution >= 4 is 5.78 Å². The minimum absolute atomic E-state index is 0.248. The Labute approximate surface area is 74.9 Å². The molecule has 1 nitrogen and oxygen atoms in total. The molecule has 0 radical (unpaired) electrons. The van der Waals surface area contributed by atoms with Crippen molar-refractivity contribution in [1.82, 2.24) is 0 Å². The molecule has 0 heterocycles. The van der Waals surface area contributed by atoms with Crippen LogP contribution in [0.15, 0.2) is 11.6 Å². The molecule has 0 bridgehead atoms. The number of allylic oxidation sites excluding steroid dienone is 2. The van der Waals surface area contributed by atoms with E-state index in [1.807, 2.05) is 0 Å². The zero-order valence-corrected chi connectivity index (χ0v) is 8.48. The first kappa shape index (κ1) is 9.50. The third kappa shape index (κ3) is 1.77. The lowest BCUT2D eigenvalue weighted by Crippen LogP contribution is -2.26. The summed E-state index contributed by atoms with van der Waals surface area (Å²) in [5.41, 5.74) is 1.40. The molecule has 1 atom stereocenters. The fraction of sp³-hybridized carbons (Fsp3) is 0.727. The Kier molecular flexibility index (Phi) is 2.41. The van der Waals surface area contributed by atoms with Gasteiger partial charge in [0.1, 0.15) is 0 Å². The Morgan fingerprint density at radius 3 is 2.58 bits per heavy atom. The van der Waals surface area contributed by atoms with Crippen LogP contribution >= 0.6 is 0 Å². The van der Waals surface area contributed by atoms with Gasteiger partial charge in [-0.3, -0.25) is 4.79 Å². The zero-order valence-electron chi connectivity index (χ0n) is 8.48. The van der Waals surface area contributed by atoms with Gasteiger partial charge in [-0.15, -0.1) is 0 Å². The van der Waals surface area contributed by atoms with Gasteiger partial charge in [-0.1, -0.05) is 26.8 Å². The Morgan fingerprint density at radius 1 is 1.58 bits per heavy atom. The van der Waals surface area contributed by atoms with Crippen molar-refractivity contribution in [3.05, 3.63) is 11.6 Å². The lowest BCUT2D eigenvalue weighted by Gasteiger charge is -2.35.